The van der Waals surface area contributed by atoms with E-state index in [1.54, 1.807) is 12.1 Å². The second-order valence-corrected chi connectivity index (χ2v) is 9.81. The molecule has 6 heteroatoms. The van der Waals surface area contributed by atoms with E-state index in [1.807, 2.05) is 12.1 Å². The number of ether oxygens (including phenoxy) is 2. The van der Waals surface area contributed by atoms with Gasteiger partial charge in [0.05, 0.1) is 12.4 Å². The van der Waals surface area contributed by atoms with Crippen LogP contribution in [0.5, 0.6) is 11.5 Å². The highest BCUT2D eigenvalue weighted by molar-refractivity contribution is 5.73. The molecule has 1 aromatic heterocycles. The first kappa shape index (κ1) is 30.5. The van der Waals surface area contributed by atoms with Gasteiger partial charge in [-0.3, -0.25) is 9.59 Å². The van der Waals surface area contributed by atoms with Crippen molar-refractivity contribution in [3.05, 3.63) is 36.7 Å². The summed E-state index contributed by atoms with van der Waals surface area (Å²) in [5.74, 6) is 0.936. The molecule has 0 aliphatic heterocycles. The first-order valence-electron chi connectivity index (χ1n) is 14.5. The number of rotatable bonds is 20. The van der Waals surface area contributed by atoms with Gasteiger partial charge in [-0.25, -0.2) is 9.97 Å². The first-order chi connectivity index (χ1) is 18.1. The van der Waals surface area contributed by atoms with Crippen LogP contribution >= 0.6 is 0 Å². The van der Waals surface area contributed by atoms with Crippen molar-refractivity contribution in [1.82, 2.24) is 9.97 Å². The molecule has 2 rings (SSSR count). The van der Waals surface area contributed by atoms with Gasteiger partial charge in [0.25, 0.3) is 0 Å². The molecule has 0 radical (unpaired) electrons. The SMILES string of the molecule is CCCCCCCCCCCCC(=O)Oc1cnc(-c2ccc(OC(=O)CCCCCCC)cc2)nc1. The molecular weight excluding hydrogens is 464 g/mol. The molecule has 0 aliphatic rings. The fraction of sp³-hybridized carbons (Fsp3) is 0.613. The molecule has 0 fully saturated rings. The number of unbranched alkanes of at least 4 members (excludes halogenated alkanes) is 13. The molecule has 0 bridgehead atoms. The molecule has 0 atom stereocenters. The summed E-state index contributed by atoms with van der Waals surface area (Å²) in [7, 11) is 0. The summed E-state index contributed by atoms with van der Waals surface area (Å²) in [5, 5.41) is 0. The average molecular weight is 511 g/mol. The predicted octanol–water partition coefficient (Wildman–Crippen LogP) is 8.63. The highest BCUT2D eigenvalue weighted by Gasteiger charge is 2.09. The summed E-state index contributed by atoms with van der Waals surface area (Å²) >= 11 is 0. The van der Waals surface area contributed by atoms with E-state index in [2.05, 4.69) is 23.8 Å². The number of hydrogen-bond donors (Lipinski definition) is 0. The van der Waals surface area contributed by atoms with E-state index >= 15 is 0 Å². The minimum Gasteiger partial charge on any atom is -0.427 e. The number of nitrogens with zero attached hydrogens (tertiary/aromatic N) is 2. The van der Waals surface area contributed by atoms with Gasteiger partial charge in [-0.15, -0.1) is 0 Å². The van der Waals surface area contributed by atoms with E-state index in [9.17, 15) is 9.59 Å². The third-order valence-corrected chi connectivity index (χ3v) is 6.42. The summed E-state index contributed by atoms with van der Waals surface area (Å²) in [6.07, 6.45) is 21.7. The van der Waals surface area contributed by atoms with Crippen molar-refractivity contribution in [2.24, 2.45) is 0 Å². The number of carbonyl (C=O) groups is 2. The van der Waals surface area contributed by atoms with Crippen molar-refractivity contribution >= 4 is 11.9 Å². The van der Waals surface area contributed by atoms with Gasteiger partial charge >= 0.3 is 11.9 Å². The third-order valence-electron chi connectivity index (χ3n) is 6.42. The zero-order valence-corrected chi connectivity index (χ0v) is 23.0. The monoisotopic (exact) mass is 510 g/mol. The van der Waals surface area contributed by atoms with Crippen LogP contribution in [0, 0.1) is 0 Å². The minimum absolute atomic E-state index is 0.204. The lowest BCUT2D eigenvalue weighted by Crippen LogP contribution is -2.08. The number of benzene rings is 1. The Hall–Kier alpha value is -2.76. The molecule has 0 unspecified atom stereocenters. The van der Waals surface area contributed by atoms with Crippen molar-refractivity contribution in [2.45, 2.75) is 123 Å². The molecule has 0 aliphatic carbocycles. The zero-order chi connectivity index (χ0) is 26.6. The topological polar surface area (TPSA) is 78.4 Å². The lowest BCUT2D eigenvalue weighted by atomic mass is 10.1. The number of esters is 2. The van der Waals surface area contributed by atoms with Gasteiger partial charge in [-0.1, -0.05) is 97.3 Å². The molecule has 0 N–H and O–H groups in total. The third kappa shape index (κ3) is 13.9. The van der Waals surface area contributed by atoms with Gasteiger partial charge in [0.1, 0.15) is 5.75 Å². The molecule has 0 spiro atoms. The summed E-state index contributed by atoms with van der Waals surface area (Å²) < 4.78 is 10.8. The van der Waals surface area contributed by atoms with Crippen LogP contribution in [0.2, 0.25) is 0 Å². The number of hydrogen-bond acceptors (Lipinski definition) is 6. The van der Waals surface area contributed by atoms with Crippen LogP contribution in [0.15, 0.2) is 36.7 Å². The minimum atomic E-state index is -0.243. The fourth-order valence-corrected chi connectivity index (χ4v) is 4.18. The molecule has 204 valence electrons. The van der Waals surface area contributed by atoms with Gasteiger partial charge in [0.2, 0.25) is 0 Å². The van der Waals surface area contributed by atoms with Crippen LogP contribution in [0.1, 0.15) is 123 Å². The lowest BCUT2D eigenvalue weighted by molar-refractivity contribution is -0.135. The highest BCUT2D eigenvalue weighted by atomic mass is 16.5. The normalized spacial score (nSPS) is 10.9. The Morgan fingerprint density at radius 2 is 0.973 bits per heavy atom. The van der Waals surface area contributed by atoms with Crippen molar-refractivity contribution < 1.29 is 19.1 Å². The summed E-state index contributed by atoms with van der Waals surface area (Å²) in [4.78, 5) is 32.8. The van der Waals surface area contributed by atoms with Crippen molar-refractivity contribution in [2.75, 3.05) is 0 Å². The van der Waals surface area contributed by atoms with Gasteiger partial charge in [0.15, 0.2) is 11.6 Å². The summed E-state index contributed by atoms with van der Waals surface area (Å²) in [6.45, 7) is 4.42. The number of aromatic nitrogens is 2. The molecular formula is C31H46N2O4. The largest absolute Gasteiger partial charge is 0.427 e. The Labute approximate surface area is 223 Å². The molecule has 37 heavy (non-hydrogen) atoms. The average Bonchev–Trinajstić information content (AvgIpc) is 2.90. The van der Waals surface area contributed by atoms with Crippen LogP contribution in [0.4, 0.5) is 0 Å². The molecule has 1 heterocycles. The van der Waals surface area contributed by atoms with Gasteiger partial charge in [-0.05, 0) is 37.1 Å². The van der Waals surface area contributed by atoms with E-state index in [4.69, 9.17) is 9.47 Å². The van der Waals surface area contributed by atoms with E-state index in [0.29, 0.717) is 30.2 Å². The van der Waals surface area contributed by atoms with Crippen molar-refractivity contribution in [3.8, 4) is 22.9 Å². The van der Waals surface area contributed by atoms with Crippen molar-refractivity contribution in [3.63, 3.8) is 0 Å². The predicted molar refractivity (Wildman–Crippen MR) is 149 cm³/mol. The maximum Gasteiger partial charge on any atom is 0.311 e. The van der Waals surface area contributed by atoms with Gasteiger partial charge in [-0.2, -0.15) is 0 Å². The Bertz CT molecular complexity index is 881. The smallest absolute Gasteiger partial charge is 0.311 e. The summed E-state index contributed by atoms with van der Waals surface area (Å²) in [5.41, 5.74) is 0.794. The second kappa shape index (κ2) is 19.4. The van der Waals surface area contributed by atoms with Crippen LogP contribution in [-0.2, 0) is 9.59 Å². The van der Waals surface area contributed by atoms with Crippen LogP contribution in [0.3, 0.4) is 0 Å². The Kier molecular flexibility index (Phi) is 15.9. The lowest BCUT2D eigenvalue weighted by Gasteiger charge is -2.07. The van der Waals surface area contributed by atoms with Crippen LogP contribution < -0.4 is 9.47 Å². The quantitative estimate of drug-likeness (QED) is 0.101. The van der Waals surface area contributed by atoms with E-state index in [-0.39, 0.29) is 11.9 Å². The van der Waals surface area contributed by atoms with Crippen molar-refractivity contribution in [1.29, 1.82) is 0 Å². The van der Waals surface area contributed by atoms with E-state index in [1.165, 1.54) is 76.6 Å². The fourth-order valence-electron chi connectivity index (χ4n) is 4.18. The maximum atomic E-state index is 12.1. The molecule has 2 aromatic rings. The number of carbonyl (C=O) groups excluding carboxylic acids is 2. The molecule has 6 nitrogen and oxygen atoms in total. The maximum absolute atomic E-state index is 12.1. The Balaban J connectivity index is 1.63. The second-order valence-electron chi connectivity index (χ2n) is 9.81. The molecule has 0 saturated heterocycles. The molecule has 0 saturated carbocycles. The van der Waals surface area contributed by atoms with Gasteiger partial charge in [0, 0.05) is 18.4 Å². The Morgan fingerprint density at radius 1 is 0.568 bits per heavy atom. The van der Waals surface area contributed by atoms with Crippen LogP contribution in [-0.4, -0.2) is 21.9 Å². The van der Waals surface area contributed by atoms with E-state index < -0.39 is 0 Å². The first-order valence-corrected chi connectivity index (χ1v) is 14.5. The summed E-state index contributed by atoms with van der Waals surface area (Å²) in [6, 6.07) is 7.12. The highest BCUT2D eigenvalue weighted by Crippen LogP contribution is 2.21. The van der Waals surface area contributed by atoms with E-state index in [0.717, 1.165) is 37.7 Å². The van der Waals surface area contributed by atoms with Crippen LogP contribution in [0.25, 0.3) is 11.4 Å². The molecule has 1 aromatic carbocycles. The molecule has 0 amide bonds. The van der Waals surface area contributed by atoms with Gasteiger partial charge < -0.3 is 9.47 Å². The zero-order valence-electron chi connectivity index (χ0n) is 23.0. The Morgan fingerprint density at radius 3 is 1.43 bits per heavy atom. The standard InChI is InChI=1S/C31H46N2O4/c1-3-5-7-9-10-11-12-13-15-17-19-30(35)37-28-24-32-31(33-25-28)26-20-22-27(23-21-26)36-29(34)18-16-14-8-6-4-2/h20-25H,3-19H2,1-2H3.